The lowest BCUT2D eigenvalue weighted by Gasteiger charge is -2.34. The standard InChI is InChI=1S/C23H30N2O7S/c1-15(2)31-19-8-6-7-18(13-19)14-20(26)24-9-11-25(12-10-24)33(28,29)22-17(4)32-16(3)21(22)23(27)30-5/h6-8,13,15H,9-12,14H2,1-5H3. The summed E-state index contributed by atoms with van der Waals surface area (Å²) in [4.78, 5) is 26.5. The molecular formula is C23H30N2O7S. The van der Waals surface area contributed by atoms with E-state index in [1.54, 1.807) is 4.90 Å². The molecule has 1 fully saturated rings. The van der Waals surface area contributed by atoms with Crippen LogP contribution >= 0.6 is 0 Å². The molecule has 2 heterocycles. The molecular weight excluding hydrogens is 448 g/mol. The van der Waals surface area contributed by atoms with Gasteiger partial charge in [-0.3, -0.25) is 4.79 Å². The lowest BCUT2D eigenvalue weighted by atomic mass is 10.1. The van der Waals surface area contributed by atoms with E-state index in [9.17, 15) is 18.0 Å². The Hall–Kier alpha value is -2.85. The number of amides is 1. The van der Waals surface area contributed by atoms with Gasteiger partial charge in [-0.2, -0.15) is 4.31 Å². The Morgan fingerprint density at radius 3 is 2.36 bits per heavy atom. The molecule has 1 amide bonds. The molecule has 33 heavy (non-hydrogen) atoms. The summed E-state index contributed by atoms with van der Waals surface area (Å²) in [6.07, 6.45) is 0.238. The van der Waals surface area contributed by atoms with Crippen LogP contribution < -0.4 is 4.74 Å². The molecule has 0 radical (unpaired) electrons. The Labute approximate surface area is 194 Å². The molecule has 1 aliphatic heterocycles. The molecule has 1 aromatic heterocycles. The Kier molecular flexibility index (Phi) is 7.48. The smallest absolute Gasteiger partial charge is 0.342 e. The number of hydrogen-bond donors (Lipinski definition) is 0. The first-order valence-corrected chi connectivity index (χ1v) is 12.2. The molecule has 0 bridgehead atoms. The average Bonchev–Trinajstić information content (AvgIpc) is 3.07. The van der Waals surface area contributed by atoms with Crippen LogP contribution in [0, 0.1) is 13.8 Å². The number of carbonyl (C=O) groups is 2. The number of sulfonamides is 1. The number of furan rings is 1. The minimum absolute atomic E-state index is 0.0355. The van der Waals surface area contributed by atoms with Crippen LogP contribution in [0.15, 0.2) is 33.6 Å². The van der Waals surface area contributed by atoms with Crippen LogP contribution in [0.25, 0.3) is 0 Å². The molecule has 1 aliphatic rings. The van der Waals surface area contributed by atoms with Crippen molar-refractivity contribution >= 4 is 21.9 Å². The van der Waals surface area contributed by atoms with Crippen molar-refractivity contribution in [2.24, 2.45) is 0 Å². The predicted molar refractivity (Wildman–Crippen MR) is 121 cm³/mol. The molecule has 0 spiro atoms. The summed E-state index contributed by atoms with van der Waals surface area (Å²) in [5, 5.41) is 0. The first-order valence-electron chi connectivity index (χ1n) is 10.8. The zero-order valence-electron chi connectivity index (χ0n) is 19.6. The van der Waals surface area contributed by atoms with Crippen molar-refractivity contribution in [1.82, 2.24) is 9.21 Å². The molecule has 2 aromatic rings. The van der Waals surface area contributed by atoms with Gasteiger partial charge in [-0.1, -0.05) is 12.1 Å². The van der Waals surface area contributed by atoms with Gasteiger partial charge in [-0.15, -0.1) is 0 Å². The number of hydrogen-bond acceptors (Lipinski definition) is 7. The van der Waals surface area contributed by atoms with Gasteiger partial charge in [0.15, 0.2) is 0 Å². The fourth-order valence-corrected chi connectivity index (χ4v) is 5.70. The van der Waals surface area contributed by atoms with Crippen molar-refractivity contribution in [3.63, 3.8) is 0 Å². The van der Waals surface area contributed by atoms with Gasteiger partial charge in [0, 0.05) is 26.2 Å². The molecule has 0 aliphatic carbocycles. The maximum atomic E-state index is 13.3. The first kappa shape index (κ1) is 24.8. The number of nitrogens with zero attached hydrogens (tertiary/aromatic N) is 2. The van der Waals surface area contributed by atoms with Crippen LogP contribution in [0.3, 0.4) is 0 Å². The highest BCUT2D eigenvalue weighted by atomic mass is 32.2. The van der Waals surface area contributed by atoms with E-state index in [1.165, 1.54) is 25.3 Å². The number of esters is 1. The number of ether oxygens (including phenoxy) is 2. The van der Waals surface area contributed by atoms with E-state index in [4.69, 9.17) is 13.9 Å². The normalized spacial score (nSPS) is 15.0. The Morgan fingerprint density at radius 1 is 1.09 bits per heavy atom. The van der Waals surface area contributed by atoms with Gasteiger partial charge < -0.3 is 18.8 Å². The van der Waals surface area contributed by atoms with Gasteiger partial charge in [0.05, 0.1) is 19.6 Å². The Morgan fingerprint density at radius 2 is 1.76 bits per heavy atom. The van der Waals surface area contributed by atoms with Crippen LogP contribution in [-0.2, 0) is 26.0 Å². The Balaban J connectivity index is 1.69. The van der Waals surface area contributed by atoms with E-state index in [1.807, 2.05) is 38.1 Å². The van der Waals surface area contributed by atoms with Crippen molar-refractivity contribution in [2.45, 2.75) is 45.1 Å². The highest BCUT2D eigenvalue weighted by Crippen LogP contribution is 2.30. The van der Waals surface area contributed by atoms with Gasteiger partial charge in [-0.25, -0.2) is 13.2 Å². The second-order valence-corrected chi connectivity index (χ2v) is 10.1. The molecule has 3 rings (SSSR count). The van der Waals surface area contributed by atoms with E-state index in [0.29, 0.717) is 5.75 Å². The summed E-state index contributed by atoms with van der Waals surface area (Å²) < 4.78 is 43.7. The predicted octanol–water partition coefficient (Wildman–Crippen LogP) is 2.55. The van der Waals surface area contributed by atoms with Gasteiger partial charge >= 0.3 is 5.97 Å². The lowest BCUT2D eigenvalue weighted by molar-refractivity contribution is -0.131. The lowest BCUT2D eigenvalue weighted by Crippen LogP contribution is -2.51. The van der Waals surface area contributed by atoms with Crippen molar-refractivity contribution in [3.05, 3.63) is 46.9 Å². The Bertz CT molecular complexity index is 1130. The number of aryl methyl sites for hydroxylation is 2. The monoisotopic (exact) mass is 478 g/mol. The SMILES string of the molecule is COC(=O)c1c(C)oc(C)c1S(=O)(=O)N1CCN(C(=O)Cc2cccc(OC(C)C)c2)CC1. The second-order valence-electron chi connectivity index (χ2n) is 8.19. The fourth-order valence-electron chi connectivity index (χ4n) is 3.91. The molecule has 10 heteroatoms. The van der Waals surface area contributed by atoms with Gasteiger partial charge in [0.2, 0.25) is 15.9 Å². The minimum Gasteiger partial charge on any atom is -0.491 e. The van der Waals surface area contributed by atoms with Crippen molar-refractivity contribution in [2.75, 3.05) is 33.3 Å². The van der Waals surface area contributed by atoms with E-state index < -0.39 is 16.0 Å². The van der Waals surface area contributed by atoms with E-state index in [-0.39, 0.29) is 66.6 Å². The summed E-state index contributed by atoms with van der Waals surface area (Å²) in [6, 6.07) is 7.40. The minimum atomic E-state index is -4.00. The van der Waals surface area contributed by atoms with Crippen LogP contribution in [0.2, 0.25) is 0 Å². The summed E-state index contributed by atoms with van der Waals surface area (Å²) >= 11 is 0. The summed E-state index contributed by atoms with van der Waals surface area (Å²) in [7, 11) is -2.81. The topological polar surface area (TPSA) is 106 Å². The largest absolute Gasteiger partial charge is 0.491 e. The molecule has 0 atom stereocenters. The van der Waals surface area contributed by atoms with E-state index >= 15 is 0 Å². The molecule has 180 valence electrons. The quantitative estimate of drug-likeness (QED) is 0.563. The third-order valence-corrected chi connectivity index (χ3v) is 7.46. The zero-order valence-corrected chi connectivity index (χ0v) is 20.4. The maximum absolute atomic E-state index is 13.3. The van der Waals surface area contributed by atoms with Crippen molar-refractivity contribution < 1.29 is 31.9 Å². The van der Waals surface area contributed by atoms with Crippen LogP contribution in [0.5, 0.6) is 5.75 Å². The number of methoxy groups -OCH3 is 1. The molecule has 0 saturated carbocycles. The summed E-state index contributed by atoms with van der Waals surface area (Å²) in [5.41, 5.74) is 0.748. The molecule has 0 unspecified atom stereocenters. The van der Waals surface area contributed by atoms with Crippen LogP contribution in [-0.4, -0.2) is 68.9 Å². The van der Waals surface area contributed by atoms with Crippen LogP contribution in [0.1, 0.15) is 41.3 Å². The van der Waals surface area contributed by atoms with Crippen LogP contribution in [0.4, 0.5) is 0 Å². The highest BCUT2D eigenvalue weighted by molar-refractivity contribution is 7.89. The van der Waals surface area contributed by atoms with E-state index in [0.717, 1.165) is 5.56 Å². The summed E-state index contributed by atoms with van der Waals surface area (Å²) in [6.45, 7) is 7.65. The number of carbonyl (C=O) groups excluding carboxylic acids is 2. The van der Waals surface area contributed by atoms with Gasteiger partial charge in [0.25, 0.3) is 0 Å². The number of rotatable bonds is 7. The maximum Gasteiger partial charge on any atom is 0.342 e. The fraction of sp³-hybridized carbons (Fsp3) is 0.478. The third-order valence-electron chi connectivity index (χ3n) is 5.41. The van der Waals surface area contributed by atoms with Gasteiger partial charge in [0.1, 0.15) is 27.7 Å². The third kappa shape index (κ3) is 5.39. The molecule has 1 aromatic carbocycles. The molecule has 1 saturated heterocycles. The second kappa shape index (κ2) is 9.96. The highest BCUT2D eigenvalue weighted by Gasteiger charge is 2.37. The number of piperazine rings is 1. The molecule has 0 N–H and O–H groups in total. The first-order chi connectivity index (χ1) is 15.5. The summed E-state index contributed by atoms with van der Waals surface area (Å²) in [5.74, 6) is 0.184. The average molecular weight is 479 g/mol. The van der Waals surface area contributed by atoms with Crippen molar-refractivity contribution in [1.29, 1.82) is 0 Å². The van der Waals surface area contributed by atoms with E-state index in [2.05, 4.69) is 0 Å². The molecule has 9 nitrogen and oxygen atoms in total. The van der Waals surface area contributed by atoms with Crippen molar-refractivity contribution in [3.8, 4) is 5.75 Å². The number of benzene rings is 1. The van der Waals surface area contributed by atoms with Gasteiger partial charge in [-0.05, 0) is 45.4 Å². The zero-order chi connectivity index (χ0) is 24.3.